The Labute approximate surface area is 99.0 Å². The van der Waals surface area contributed by atoms with E-state index in [1.54, 1.807) is 18.2 Å². The minimum absolute atomic E-state index is 0.211. The van der Waals surface area contributed by atoms with Gasteiger partial charge in [-0.05, 0) is 26.1 Å². The molecule has 0 heterocycles. The maximum atomic E-state index is 11.8. The highest BCUT2D eigenvalue weighted by atomic mass is 31.2. The van der Waals surface area contributed by atoms with E-state index in [-0.39, 0.29) is 5.75 Å². The van der Waals surface area contributed by atoms with E-state index in [4.69, 9.17) is 9.63 Å². The molecule has 2 atom stereocenters. The second-order valence-corrected chi connectivity index (χ2v) is 5.28. The minimum atomic E-state index is -4.16. The SMILES string of the molecule is C[C@@H](C(=O)O)N(C)P(=O)(O)Oc1ccccc1. The van der Waals surface area contributed by atoms with Crippen LogP contribution in [-0.2, 0) is 9.36 Å². The van der Waals surface area contributed by atoms with Gasteiger partial charge in [0, 0.05) is 0 Å². The van der Waals surface area contributed by atoms with Crippen molar-refractivity contribution in [3.63, 3.8) is 0 Å². The molecule has 1 rings (SSSR count). The van der Waals surface area contributed by atoms with Crippen LogP contribution in [0, 0.1) is 0 Å². The first-order valence-electron chi connectivity index (χ1n) is 4.88. The third-order valence-corrected chi connectivity index (χ3v) is 3.88. The van der Waals surface area contributed by atoms with E-state index in [0.717, 1.165) is 4.67 Å². The second kappa shape index (κ2) is 5.31. The fraction of sp³-hybridized carbons (Fsp3) is 0.300. The van der Waals surface area contributed by atoms with Crippen molar-refractivity contribution in [2.75, 3.05) is 7.05 Å². The quantitative estimate of drug-likeness (QED) is 0.780. The Balaban J connectivity index is 2.82. The molecule has 1 unspecified atom stereocenters. The van der Waals surface area contributed by atoms with Crippen molar-refractivity contribution in [2.24, 2.45) is 0 Å². The third-order valence-electron chi connectivity index (χ3n) is 2.28. The van der Waals surface area contributed by atoms with Gasteiger partial charge in [-0.3, -0.25) is 4.79 Å². The Morgan fingerprint density at radius 2 is 1.94 bits per heavy atom. The number of benzene rings is 1. The Morgan fingerprint density at radius 3 is 2.41 bits per heavy atom. The topological polar surface area (TPSA) is 87.1 Å². The lowest BCUT2D eigenvalue weighted by Gasteiger charge is -2.25. The molecular weight excluding hydrogens is 245 g/mol. The number of nitrogens with zero attached hydrogens (tertiary/aromatic N) is 1. The Kier molecular flexibility index (Phi) is 4.28. The van der Waals surface area contributed by atoms with E-state index in [1.165, 1.54) is 26.1 Å². The van der Waals surface area contributed by atoms with Crippen LogP contribution in [0.1, 0.15) is 6.92 Å². The summed E-state index contributed by atoms with van der Waals surface area (Å²) in [7, 11) is -2.94. The van der Waals surface area contributed by atoms with Gasteiger partial charge in [0.15, 0.2) is 0 Å². The average Bonchev–Trinajstić information content (AvgIpc) is 2.27. The number of carboxylic acids is 1. The molecule has 0 aliphatic carbocycles. The maximum Gasteiger partial charge on any atom is 0.459 e. The molecule has 0 aromatic heterocycles. The molecular formula is C10H14NO5P. The van der Waals surface area contributed by atoms with Crippen molar-refractivity contribution in [2.45, 2.75) is 13.0 Å². The van der Waals surface area contributed by atoms with Gasteiger partial charge < -0.3 is 14.5 Å². The predicted molar refractivity (Wildman–Crippen MR) is 61.8 cm³/mol. The van der Waals surface area contributed by atoms with Crippen molar-refractivity contribution >= 4 is 13.7 Å². The number of likely N-dealkylation sites (N-methyl/N-ethyl adjacent to an activating group) is 1. The highest BCUT2D eigenvalue weighted by molar-refractivity contribution is 7.50. The van der Waals surface area contributed by atoms with E-state index < -0.39 is 19.8 Å². The summed E-state index contributed by atoms with van der Waals surface area (Å²) in [5.74, 6) is -0.985. The van der Waals surface area contributed by atoms with Crippen molar-refractivity contribution in [3.05, 3.63) is 30.3 Å². The van der Waals surface area contributed by atoms with E-state index >= 15 is 0 Å². The number of para-hydroxylation sites is 1. The van der Waals surface area contributed by atoms with Crippen molar-refractivity contribution in [3.8, 4) is 5.75 Å². The van der Waals surface area contributed by atoms with Gasteiger partial charge in [-0.15, -0.1) is 0 Å². The fourth-order valence-electron chi connectivity index (χ4n) is 1.06. The number of rotatable bonds is 5. The second-order valence-electron chi connectivity index (χ2n) is 3.48. The summed E-state index contributed by atoms with van der Waals surface area (Å²) in [6.45, 7) is 1.31. The van der Waals surface area contributed by atoms with Gasteiger partial charge in [0.25, 0.3) is 0 Å². The van der Waals surface area contributed by atoms with E-state index in [9.17, 15) is 14.3 Å². The predicted octanol–water partition coefficient (Wildman–Crippen LogP) is 1.57. The van der Waals surface area contributed by atoms with Crippen LogP contribution >= 0.6 is 7.75 Å². The minimum Gasteiger partial charge on any atom is -0.480 e. The first-order chi connectivity index (χ1) is 7.84. The Morgan fingerprint density at radius 1 is 1.41 bits per heavy atom. The Hall–Kier alpha value is -1.36. The van der Waals surface area contributed by atoms with Crippen molar-refractivity contribution < 1.29 is 23.9 Å². The highest BCUT2D eigenvalue weighted by Gasteiger charge is 2.34. The lowest BCUT2D eigenvalue weighted by Crippen LogP contribution is -2.34. The first-order valence-corrected chi connectivity index (χ1v) is 6.41. The van der Waals surface area contributed by atoms with Crippen LogP contribution in [0.3, 0.4) is 0 Å². The summed E-state index contributed by atoms with van der Waals surface area (Å²) in [6.07, 6.45) is 0. The van der Waals surface area contributed by atoms with E-state index in [0.29, 0.717) is 0 Å². The van der Waals surface area contributed by atoms with Crippen LogP contribution in [0.4, 0.5) is 0 Å². The molecule has 94 valence electrons. The monoisotopic (exact) mass is 259 g/mol. The molecule has 0 amide bonds. The zero-order chi connectivity index (χ0) is 13.1. The molecule has 17 heavy (non-hydrogen) atoms. The molecule has 1 aromatic rings. The fourth-order valence-corrected chi connectivity index (χ4v) is 2.12. The van der Waals surface area contributed by atoms with Crippen molar-refractivity contribution in [1.82, 2.24) is 4.67 Å². The molecule has 0 aliphatic heterocycles. The number of carbonyl (C=O) groups is 1. The number of carboxylic acid groups (broad SMARTS) is 1. The third kappa shape index (κ3) is 3.56. The molecule has 2 N–H and O–H groups in total. The van der Waals surface area contributed by atoms with Crippen LogP contribution < -0.4 is 4.52 Å². The maximum absolute atomic E-state index is 11.8. The average molecular weight is 259 g/mol. The zero-order valence-corrected chi connectivity index (χ0v) is 10.4. The molecule has 7 heteroatoms. The lowest BCUT2D eigenvalue weighted by molar-refractivity contribution is -0.140. The normalized spacial score (nSPS) is 16.2. The van der Waals surface area contributed by atoms with Gasteiger partial charge in [0.1, 0.15) is 11.8 Å². The number of hydrogen-bond acceptors (Lipinski definition) is 3. The molecule has 0 bridgehead atoms. The number of aliphatic carboxylic acids is 1. The Bertz CT molecular complexity index is 436. The summed E-state index contributed by atoms with van der Waals surface area (Å²) >= 11 is 0. The summed E-state index contributed by atoms with van der Waals surface area (Å²) < 4.78 is 17.5. The van der Waals surface area contributed by atoms with Gasteiger partial charge >= 0.3 is 13.7 Å². The first kappa shape index (κ1) is 13.7. The lowest BCUT2D eigenvalue weighted by atomic mass is 10.3. The molecule has 6 nitrogen and oxygen atoms in total. The van der Waals surface area contributed by atoms with Crippen LogP contribution in [-0.4, -0.2) is 33.7 Å². The van der Waals surface area contributed by atoms with Crippen LogP contribution in [0.25, 0.3) is 0 Å². The highest BCUT2D eigenvalue weighted by Crippen LogP contribution is 2.46. The summed E-state index contributed by atoms with van der Waals surface area (Å²) in [5.41, 5.74) is 0. The van der Waals surface area contributed by atoms with Gasteiger partial charge in [-0.1, -0.05) is 18.2 Å². The molecule has 0 aliphatic rings. The van der Waals surface area contributed by atoms with E-state index in [2.05, 4.69) is 0 Å². The van der Waals surface area contributed by atoms with Crippen LogP contribution in [0.15, 0.2) is 30.3 Å². The van der Waals surface area contributed by atoms with Gasteiger partial charge in [0.2, 0.25) is 0 Å². The summed E-state index contributed by atoms with van der Waals surface area (Å²) in [5, 5.41) is 8.75. The molecule has 0 saturated heterocycles. The van der Waals surface area contributed by atoms with E-state index in [1.807, 2.05) is 0 Å². The van der Waals surface area contributed by atoms with Gasteiger partial charge in [0.05, 0.1) is 0 Å². The largest absolute Gasteiger partial charge is 0.480 e. The number of hydrogen-bond donors (Lipinski definition) is 2. The summed E-state index contributed by atoms with van der Waals surface area (Å²) in [6, 6.07) is 6.95. The van der Waals surface area contributed by atoms with Crippen LogP contribution in [0.2, 0.25) is 0 Å². The molecule has 0 radical (unpaired) electrons. The van der Waals surface area contributed by atoms with Gasteiger partial charge in [-0.25, -0.2) is 4.57 Å². The summed E-state index contributed by atoms with van der Waals surface area (Å²) in [4.78, 5) is 20.4. The molecule has 0 fully saturated rings. The van der Waals surface area contributed by atoms with Crippen LogP contribution in [0.5, 0.6) is 5.75 Å². The standard InChI is InChI=1S/C10H14NO5P/c1-8(10(12)13)11(2)17(14,15)16-9-6-4-3-5-7-9/h3-8H,1-2H3,(H,12,13)(H,14,15)/t8-/m0/s1. The molecule has 1 aromatic carbocycles. The van der Waals surface area contributed by atoms with Crippen molar-refractivity contribution in [1.29, 1.82) is 0 Å². The molecule has 0 spiro atoms. The molecule has 0 saturated carbocycles. The zero-order valence-electron chi connectivity index (χ0n) is 9.48. The smallest absolute Gasteiger partial charge is 0.459 e. The van der Waals surface area contributed by atoms with Gasteiger partial charge in [-0.2, -0.15) is 4.67 Å².